The molecule has 0 amide bonds. The molecule has 3 rings (SSSR count). The van der Waals surface area contributed by atoms with Crippen molar-refractivity contribution < 1.29 is 14.6 Å². The highest BCUT2D eigenvalue weighted by Crippen LogP contribution is 2.61. The van der Waals surface area contributed by atoms with E-state index in [0.29, 0.717) is 18.4 Å². The highest BCUT2D eigenvalue weighted by atomic mass is 16.5. The average Bonchev–Trinajstić information content (AvgIpc) is 2.88. The van der Waals surface area contributed by atoms with E-state index in [0.717, 1.165) is 44.1 Å². The van der Waals surface area contributed by atoms with Crippen LogP contribution in [0.3, 0.4) is 0 Å². The number of aliphatic hydroxyl groups is 1. The third-order valence-electron chi connectivity index (χ3n) is 7.06. The van der Waals surface area contributed by atoms with Crippen LogP contribution in [0.4, 0.5) is 0 Å². The molecule has 0 radical (unpaired) electrons. The number of esters is 1. The van der Waals surface area contributed by atoms with Crippen molar-refractivity contribution in [1.29, 1.82) is 0 Å². The van der Waals surface area contributed by atoms with E-state index in [9.17, 15) is 9.90 Å². The summed E-state index contributed by atoms with van der Waals surface area (Å²) in [6.45, 7) is 11.6. The van der Waals surface area contributed by atoms with Crippen molar-refractivity contribution in [2.24, 2.45) is 22.7 Å². The molecule has 23 heavy (non-hydrogen) atoms. The van der Waals surface area contributed by atoms with E-state index in [-0.39, 0.29) is 22.9 Å². The molecular weight excluding hydrogens is 288 g/mol. The molecule has 3 unspecified atom stereocenters. The van der Waals surface area contributed by atoms with Gasteiger partial charge in [0.05, 0.1) is 6.10 Å². The van der Waals surface area contributed by atoms with Crippen molar-refractivity contribution in [1.82, 2.24) is 0 Å². The third-order valence-corrected chi connectivity index (χ3v) is 7.06. The number of carbonyl (C=O) groups is 1. The van der Waals surface area contributed by atoms with Crippen molar-refractivity contribution in [3.05, 3.63) is 23.8 Å². The fourth-order valence-electron chi connectivity index (χ4n) is 5.60. The molecule has 0 aromatic carbocycles. The summed E-state index contributed by atoms with van der Waals surface area (Å²) in [6.07, 6.45) is 7.56. The fourth-order valence-corrected chi connectivity index (χ4v) is 5.60. The molecule has 1 N–H and O–H groups in total. The molecule has 0 bridgehead atoms. The molecule has 2 aliphatic carbocycles. The van der Waals surface area contributed by atoms with Gasteiger partial charge in [-0.3, -0.25) is 0 Å². The SMILES string of the molecule is C=C1CCC2C(C)(CC[C@@H](O)C2(C)C)C1CCC1=CCOC1=O. The molecule has 1 heterocycles. The standard InChI is InChI=1S/C20H30O3/c1-13-5-8-16-19(2,3)17(21)9-11-20(16,4)15(13)7-6-14-10-12-23-18(14)22/h10,15-17,21H,1,5-9,11-12H2,2-4H3/t15?,16?,17-,20?/m1/s1. The van der Waals surface area contributed by atoms with Crippen LogP contribution in [0.2, 0.25) is 0 Å². The molecule has 4 atom stereocenters. The van der Waals surface area contributed by atoms with Gasteiger partial charge in [0, 0.05) is 5.57 Å². The Morgan fingerprint density at radius 1 is 1.35 bits per heavy atom. The quantitative estimate of drug-likeness (QED) is 0.631. The highest BCUT2D eigenvalue weighted by Gasteiger charge is 2.55. The van der Waals surface area contributed by atoms with Crippen molar-refractivity contribution in [2.45, 2.75) is 65.4 Å². The predicted octanol–water partition coefficient (Wildman–Crippen LogP) is 4.02. The molecule has 3 nitrogen and oxygen atoms in total. The van der Waals surface area contributed by atoms with E-state index in [4.69, 9.17) is 4.74 Å². The van der Waals surface area contributed by atoms with Gasteiger partial charge in [0.25, 0.3) is 0 Å². The van der Waals surface area contributed by atoms with E-state index in [1.54, 1.807) is 0 Å². The maximum Gasteiger partial charge on any atom is 0.334 e. The lowest BCUT2D eigenvalue weighted by Gasteiger charge is -2.59. The van der Waals surface area contributed by atoms with Gasteiger partial charge < -0.3 is 9.84 Å². The van der Waals surface area contributed by atoms with Gasteiger partial charge in [0.1, 0.15) is 6.61 Å². The van der Waals surface area contributed by atoms with Crippen LogP contribution < -0.4 is 0 Å². The zero-order valence-corrected chi connectivity index (χ0v) is 14.7. The van der Waals surface area contributed by atoms with Crippen molar-refractivity contribution >= 4 is 5.97 Å². The van der Waals surface area contributed by atoms with Crippen LogP contribution in [-0.4, -0.2) is 23.8 Å². The molecular formula is C20H30O3. The van der Waals surface area contributed by atoms with Crippen molar-refractivity contribution in [3.63, 3.8) is 0 Å². The van der Waals surface area contributed by atoms with Gasteiger partial charge in [-0.25, -0.2) is 4.79 Å². The van der Waals surface area contributed by atoms with Gasteiger partial charge in [-0.1, -0.05) is 32.9 Å². The molecule has 0 aromatic rings. The minimum atomic E-state index is -0.208. The average molecular weight is 318 g/mol. The number of hydrogen-bond acceptors (Lipinski definition) is 3. The maximum absolute atomic E-state index is 11.7. The zero-order valence-electron chi connectivity index (χ0n) is 14.7. The molecule has 3 aliphatic rings. The second kappa shape index (κ2) is 5.77. The summed E-state index contributed by atoms with van der Waals surface area (Å²) >= 11 is 0. The Bertz CT molecular complexity index is 545. The van der Waals surface area contributed by atoms with Crippen LogP contribution in [0.5, 0.6) is 0 Å². The Morgan fingerprint density at radius 3 is 2.74 bits per heavy atom. The van der Waals surface area contributed by atoms with E-state index >= 15 is 0 Å². The predicted molar refractivity (Wildman–Crippen MR) is 90.8 cm³/mol. The Labute approximate surface area is 139 Å². The zero-order chi connectivity index (χ0) is 16.8. The monoisotopic (exact) mass is 318 g/mol. The molecule has 3 heteroatoms. The number of rotatable bonds is 3. The largest absolute Gasteiger partial charge is 0.458 e. The topological polar surface area (TPSA) is 46.5 Å². The molecule has 2 fully saturated rings. The highest BCUT2D eigenvalue weighted by molar-refractivity contribution is 5.90. The van der Waals surface area contributed by atoms with E-state index < -0.39 is 0 Å². The van der Waals surface area contributed by atoms with Gasteiger partial charge in [0.2, 0.25) is 0 Å². The lowest BCUT2D eigenvalue weighted by molar-refractivity contribution is -0.136. The smallest absolute Gasteiger partial charge is 0.334 e. The summed E-state index contributed by atoms with van der Waals surface area (Å²) in [6, 6.07) is 0. The normalized spacial score (nSPS) is 39.7. The number of aliphatic hydroxyl groups excluding tert-OH is 1. The first kappa shape index (κ1) is 16.8. The Hall–Kier alpha value is -1.09. The number of carbonyl (C=O) groups excluding carboxylic acids is 1. The maximum atomic E-state index is 11.7. The third kappa shape index (κ3) is 2.67. The van der Waals surface area contributed by atoms with Gasteiger partial charge in [0.15, 0.2) is 0 Å². The number of cyclic esters (lactones) is 1. The number of ether oxygens (including phenoxy) is 1. The minimum Gasteiger partial charge on any atom is -0.458 e. The van der Waals surface area contributed by atoms with Crippen molar-refractivity contribution in [3.8, 4) is 0 Å². The number of allylic oxidation sites excluding steroid dienone is 1. The second-order valence-corrected chi connectivity index (χ2v) is 8.55. The first-order valence-corrected chi connectivity index (χ1v) is 8.98. The number of fused-ring (bicyclic) bond motifs is 1. The van der Waals surface area contributed by atoms with Gasteiger partial charge in [-0.05, 0) is 67.3 Å². The fraction of sp³-hybridized carbons (Fsp3) is 0.750. The molecule has 0 aromatic heterocycles. The van der Waals surface area contributed by atoms with Crippen LogP contribution >= 0.6 is 0 Å². The summed E-state index contributed by atoms with van der Waals surface area (Å²) in [5.41, 5.74) is 2.31. The van der Waals surface area contributed by atoms with Crippen LogP contribution in [0.15, 0.2) is 23.8 Å². The van der Waals surface area contributed by atoms with Gasteiger partial charge in [-0.15, -0.1) is 0 Å². The Morgan fingerprint density at radius 2 is 2.09 bits per heavy atom. The van der Waals surface area contributed by atoms with E-state index in [1.165, 1.54) is 5.57 Å². The van der Waals surface area contributed by atoms with E-state index in [2.05, 4.69) is 27.4 Å². The van der Waals surface area contributed by atoms with Crippen LogP contribution in [0.25, 0.3) is 0 Å². The lowest BCUT2D eigenvalue weighted by atomic mass is 9.46. The molecule has 0 saturated heterocycles. The summed E-state index contributed by atoms with van der Waals surface area (Å²) in [7, 11) is 0. The molecule has 2 saturated carbocycles. The minimum absolute atomic E-state index is 0.0441. The second-order valence-electron chi connectivity index (χ2n) is 8.55. The molecule has 128 valence electrons. The van der Waals surface area contributed by atoms with Crippen LogP contribution in [0, 0.1) is 22.7 Å². The summed E-state index contributed by atoms with van der Waals surface area (Å²) in [5.74, 6) is 0.800. The summed E-state index contributed by atoms with van der Waals surface area (Å²) < 4.78 is 5.02. The summed E-state index contributed by atoms with van der Waals surface area (Å²) in [5, 5.41) is 10.5. The Balaban J connectivity index is 1.80. The van der Waals surface area contributed by atoms with Crippen molar-refractivity contribution in [2.75, 3.05) is 6.61 Å². The van der Waals surface area contributed by atoms with E-state index in [1.807, 2.05) is 6.08 Å². The molecule has 0 spiro atoms. The number of hydrogen-bond donors (Lipinski definition) is 1. The summed E-state index contributed by atoms with van der Waals surface area (Å²) in [4.78, 5) is 11.7. The lowest BCUT2D eigenvalue weighted by Crippen LogP contribution is -2.54. The van der Waals surface area contributed by atoms with Crippen LogP contribution in [-0.2, 0) is 9.53 Å². The Kier molecular flexibility index (Phi) is 4.20. The molecule has 1 aliphatic heterocycles. The van der Waals surface area contributed by atoms with Gasteiger partial charge >= 0.3 is 5.97 Å². The van der Waals surface area contributed by atoms with Crippen LogP contribution in [0.1, 0.15) is 59.3 Å². The first-order chi connectivity index (χ1) is 10.8. The van der Waals surface area contributed by atoms with Gasteiger partial charge in [-0.2, -0.15) is 0 Å². The first-order valence-electron chi connectivity index (χ1n) is 8.98.